The number of anilines is 2. The first-order chi connectivity index (χ1) is 13.4. The average molecular weight is 383 g/mol. The van der Waals surface area contributed by atoms with E-state index >= 15 is 0 Å². The lowest BCUT2D eigenvalue weighted by Crippen LogP contribution is -2.17. The van der Waals surface area contributed by atoms with Gasteiger partial charge in [-0.25, -0.2) is 4.79 Å². The monoisotopic (exact) mass is 383 g/mol. The molecule has 7 heteroatoms. The molecule has 0 saturated heterocycles. The Morgan fingerprint density at radius 1 is 0.893 bits per heavy atom. The maximum Gasteiger partial charge on any atom is 0.416 e. The summed E-state index contributed by atoms with van der Waals surface area (Å²) in [6, 6.07) is 19.9. The number of aromatic nitrogens is 2. The first kappa shape index (κ1) is 17.9. The van der Waals surface area contributed by atoms with Crippen LogP contribution in [0.25, 0.3) is 11.0 Å². The molecule has 4 rings (SSSR count). The third-order valence-corrected chi connectivity index (χ3v) is 4.46. The summed E-state index contributed by atoms with van der Waals surface area (Å²) in [4.78, 5) is 15.1. The van der Waals surface area contributed by atoms with Gasteiger partial charge in [-0.2, -0.15) is 13.2 Å². The maximum absolute atomic E-state index is 12.7. The van der Waals surface area contributed by atoms with Crippen molar-refractivity contribution in [2.24, 2.45) is 0 Å². The Morgan fingerprint density at radius 3 is 2.29 bits per heavy atom. The minimum absolute atomic E-state index is 0.183. The molecule has 0 saturated carbocycles. The van der Waals surface area contributed by atoms with E-state index in [0.717, 1.165) is 23.5 Å². The summed E-state index contributed by atoms with van der Waals surface area (Å²) in [5.41, 5.74) is 2.67. The fourth-order valence-electron chi connectivity index (χ4n) is 3.07. The average Bonchev–Trinajstić information content (AvgIpc) is 2.97. The van der Waals surface area contributed by atoms with Crippen molar-refractivity contribution >= 4 is 22.4 Å². The Labute approximate surface area is 158 Å². The van der Waals surface area contributed by atoms with Crippen molar-refractivity contribution in [2.45, 2.75) is 12.7 Å². The molecule has 0 aliphatic heterocycles. The molecule has 0 atom stereocenters. The summed E-state index contributed by atoms with van der Waals surface area (Å²) in [6.45, 7) is 0.183. The van der Waals surface area contributed by atoms with Crippen LogP contribution >= 0.6 is 0 Å². The number of fused-ring (bicyclic) bond motifs is 1. The van der Waals surface area contributed by atoms with Crippen LogP contribution in [-0.4, -0.2) is 9.55 Å². The maximum atomic E-state index is 12.7. The Hall–Kier alpha value is -3.48. The van der Waals surface area contributed by atoms with E-state index in [9.17, 15) is 18.0 Å². The molecule has 4 nitrogen and oxygen atoms in total. The van der Waals surface area contributed by atoms with Gasteiger partial charge in [-0.3, -0.25) is 4.57 Å². The van der Waals surface area contributed by atoms with Crippen molar-refractivity contribution in [3.8, 4) is 0 Å². The van der Waals surface area contributed by atoms with Gasteiger partial charge in [0.2, 0.25) is 0 Å². The van der Waals surface area contributed by atoms with Gasteiger partial charge in [0.05, 0.1) is 23.1 Å². The quantitative estimate of drug-likeness (QED) is 0.513. The first-order valence-electron chi connectivity index (χ1n) is 8.61. The van der Waals surface area contributed by atoms with Crippen LogP contribution in [-0.2, 0) is 12.7 Å². The standard InChI is InChI=1S/C21H16F3N3O/c22-21(23,24)15-8-6-14(7-9-15)13-27-19-11-10-17(12-18(19)26-20(27)28)25-16-4-2-1-3-5-16/h1-12,25H,13H2,(H,26,28). The lowest BCUT2D eigenvalue weighted by Gasteiger charge is -2.09. The van der Waals surface area contributed by atoms with Crippen molar-refractivity contribution in [1.82, 2.24) is 9.55 Å². The number of nitrogens with zero attached hydrogens (tertiary/aromatic N) is 1. The summed E-state index contributed by atoms with van der Waals surface area (Å²) in [7, 11) is 0. The van der Waals surface area contributed by atoms with E-state index in [4.69, 9.17) is 0 Å². The van der Waals surface area contributed by atoms with Crippen LogP contribution in [0, 0.1) is 0 Å². The number of alkyl halides is 3. The van der Waals surface area contributed by atoms with Gasteiger partial charge >= 0.3 is 11.9 Å². The molecule has 0 unspecified atom stereocenters. The van der Waals surface area contributed by atoms with E-state index < -0.39 is 11.7 Å². The van der Waals surface area contributed by atoms with Gasteiger partial charge in [-0.15, -0.1) is 0 Å². The molecule has 0 fully saturated rings. The number of aromatic amines is 1. The second-order valence-electron chi connectivity index (χ2n) is 6.43. The summed E-state index contributed by atoms with van der Waals surface area (Å²) in [6.07, 6.45) is -4.38. The molecular formula is C21H16F3N3O. The largest absolute Gasteiger partial charge is 0.416 e. The molecule has 2 N–H and O–H groups in total. The molecule has 0 aliphatic rings. The zero-order valence-corrected chi connectivity index (χ0v) is 14.6. The summed E-state index contributed by atoms with van der Waals surface area (Å²) in [5, 5.41) is 3.26. The normalized spacial score (nSPS) is 11.7. The van der Waals surface area contributed by atoms with E-state index in [2.05, 4.69) is 10.3 Å². The zero-order chi connectivity index (χ0) is 19.7. The van der Waals surface area contributed by atoms with Gasteiger partial charge in [0, 0.05) is 11.4 Å². The van der Waals surface area contributed by atoms with E-state index in [-0.39, 0.29) is 12.2 Å². The number of H-pyrrole nitrogens is 1. The molecule has 1 heterocycles. The number of rotatable bonds is 4. The molecule has 0 spiro atoms. The Balaban J connectivity index is 1.61. The van der Waals surface area contributed by atoms with E-state index in [0.29, 0.717) is 16.6 Å². The van der Waals surface area contributed by atoms with Crippen LogP contribution in [0.4, 0.5) is 24.5 Å². The Kier molecular flexibility index (Phi) is 4.43. The highest BCUT2D eigenvalue weighted by atomic mass is 19.4. The lowest BCUT2D eigenvalue weighted by molar-refractivity contribution is -0.137. The summed E-state index contributed by atoms with van der Waals surface area (Å²) in [5.74, 6) is 0. The predicted octanol–water partition coefficient (Wildman–Crippen LogP) is 5.14. The molecule has 0 radical (unpaired) electrons. The third-order valence-electron chi connectivity index (χ3n) is 4.46. The lowest BCUT2D eigenvalue weighted by atomic mass is 10.1. The third kappa shape index (κ3) is 3.64. The smallest absolute Gasteiger partial charge is 0.355 e. The minimum Gasteiger partial charge on any atom is -0.355 e. The van der Waals surface area contributed by atoms with Crippen LogP contribution in [0.15, 0.2) is 77.6 Å². The summed E-state index contributed by atoms with van der Waals surface area (Å²) >= 11 is 0. The highest BCUT2D eigenvalue weighted by Gasteiger charge is 2.29. The van der Waals surface area contributed by atoms with Gasteiger partial charge in [-0.1, -0.05) is 30.3 Å². The van der Waals surface area contributed by atoms with Gasteiger partial charge in [-0.05, 0) is 48.0 Å². The van der Waals surface area contributed by atoms with Crippen molar-refractivity contribution in [3.63, 3.8) is 0 Å². The Bertz CT molecular complexity index is 1160. The molecule has 28 heavy (non-hydrogen) atoms. The minimum atomic E-state index is -4.38. The number of para-hydroxylation sites is 1. The summed E-state index contributed by atoms with van der Waals surface area (Å²) < 4.78 is 39.6. The molecule has 0 amide bonds. The van der Waals surface area contributed by atoms with Gasteiger partial charge < -0.3 is 10.3 Å². The Morgan fingerprint density at radius 2 is 1.61 bits per heavy atom. The highest BCUT2D eigenvalue weighted by molar-refractivity contribution is 5.81. The highest BCUT2D eigenvalue weighted by Crippen LogP contribution is 2.29. The molecule has 0 aliphatic carbocycles. The van der Waals surface area contributed by atoms with Crippen molar-refractivity contribution in [2.75, 3.05) is 5.32 Å². The van der Waals surface area contributed by atoms with E-state index in [1.807, 2.05) is 48.5 Å². The second kappa shape index (κ2) is 6.92. The molecule has 0 bridgehead atoms. The van der Waals surface area contributed by atoms with Crippen molar-refractivity contribution in [1.29, 1.82) is 0 Å². The first-order valence-corrected chi connectivity index (χ1v) is 8.61. The SMILES string of the molecule is O=c1[nH]c2cc(Nc3ccccc3)ccc2n1Cc1ccc(C(F)(F)F)cc1. The van der Waals surface area contributed by atoms with Gasteiger partial charge in [0.15, 0.2) is 0 Å². The van der Waals surface area contributed by atoms with Crippen LogP contribution in [0.1, 0.15) is 11.1 Å². The fraction of sp³-hybridized carbons (Fsp3) is 0.0952. The molecule has 4 aromatic rings. The van der Waals surface area contributed by atoms with Gasteiger partial charge in [0.25, 0.3) is 0 Å². The molecule has 1 aromatic heterocycles. The van der Waals surface area contributed by atoms with E-state index in [1.165, 1.54) is 16.7 Å². The number of nitrogens with one attached hydrogen (secondary N) is 2. The van der Waals surface area contributed by atoms with Crippen LogP contribution < -0.4 is 11.0 Å². The molecule has 142 valence electrons. The number of halogens is 3. The fourth-order valence-corrected chi connectivity index (χ4v) is 3.07. The number of hydrogen-bond acceptors (Lipinski definition) is 2. The van der Waals surface area contributed by atoms with E-state index in [1.54, 1.807) is 0 Å². The predicted molar refractivity (Wildman–Crippen MR) is 103 cm³/mol. The van der Waals surface area contributed by atoms with Crippen LogP contribution in [0.2, 0.25) is 0 Å². The van der Waals surface area contributed by atoms with Crippen molar-refractivity contribution in [3.05, 3.63) is 94.4 Å². The zero-order valence-electron chi connectivity index (χ0n) is 14.6. The number of imidazole rings is 1. The van der Waals surface area contributed by atoms with Gasteiger partial charge in [0.1, 0.15) is 0 Å². The molecule has 3 aromatic carbocycles. The number of hydrogen-bond donors (Lipinski definition) is 2. The second-order valence-corrected chi connectivity index (χ2v) is 6.43. The molecular weight excluding hydrogens is 367 g/mol. The van der Waals surface area contributed by atoms with Crippen LogP contribution in [0.5, 0.6) is 0 Å². The van der Waals surface area contributed by atoms with Crippen LogP contribution in [0.3, 0.4) is 0 Å². The van der Waals surface area contributed by atoms with Crippen molar-refractivity contribution < 1.29 is 13.2 Å². The number of benzene rings is 3. The topological polar surface area (TPSA) is 49.8 Å².